The molecule has 6 rings (SSSR count). The van der Waals surface area contributed by atoms with E-state index in [0.29, 0.717) is 55.7 Å². The van der Waals surface area contributed by atoms with Gasteiger partial charge in [-0.15, -0.1) is 13.2 Å². The molecule has 4 unspecified atom stereocenters. The molecule has 0 bridgehead atoms. The van der Waals surface area contributed by atoms with Crippen LogP contribution in [0.1, 0.15) is 60.0 Å². The zero-order valence-electron chi connectivity index (χ0n) is 25.9. The fraction of sp³-hybridized carbons (Fsp3) is 0.515. The highest BCUT2D eigenvalue weighted by molar-refractivity contribution is 5.82. The van der Waals surface area contributed by atoms with Crippen molar-refractivity contribution in [3.63, 3.8) is 0 Å². The van der Waals surface area contributed by atoms with Gasteiger partial charge in [-0.05, 0) is 72.6 Å². The van der Waals surface area contributed by atoms with E-state index in [1.54, 1.807) is 20.1 Å². The number of hydrogen-bond donors (Lipinski definition) is 2. The van der Waals surface area contributed by atoms with E-state index in [-0.39, 0.29) is 48.5 Å². The van der Waals surface area contributed by atoms with Gasteiger partial charge in [0.2, 0.25) is 17.7 Å². The van der Waals surface area contributed by atoms with Crippen molar-refractivity contribution in [1.82, 2.24) is 25.7 Å². The third kappa shape index (κ3) is 7.52. The number of aromatic nitrogens is 2. The molecule has 1 aliphatic heterocycles. The van der Waals surface area contributed by atoms with E-state index in [4.69, 9.17) is 9.26 Å². The number of carbonyl (C=O) groups is 2. The van der Waals surface area contributed by atoms with Gasteiger partial charge in [-0.2, -0.15) is 4.98 Å². The summed E-state index contributed by atoms with van der Waals surface area (Å²) in [5.41, 5.74) is 4.22. The summed E-state index contributed by atoms with van der Waals surface area (Å²) in [7, 11) is 1.67. The molecular formula is C33H38F3N5O5. The lowest BCUT2D eigenvalue weighted by Gasteiger charge is -2.32. The SMILES string of the molecule is COCC1CCCC1NC(=O)CN1CCc2c(-c3cccc(OC(F)(F)F)c3)ccc(CNC(=O)C3CC3c3nc(C)no3)c2C1. The number of methoxy groups -OCH3 is 1. The average molecular weight is 642 g/mol. The summed E-state index contributed by atoms with van der Waals surface area (Å²) in [5.74, 6) is 0.514. The van der Waals surface area contributed by atoms with Crippen LogP contribution in [0.2, 0.25) is 0 Å². The Balaban J connectivity index is 1.20. The molecule has 2 fully saturated rings. The maximum absolute atomic E-state index is 13.1. The topological polar surface area (TPSA) is 119 Å². The minimum Gasteiger partial charge on any atom is -0.406 e. The molecule has 2 heterocycles. The quantitative estimate of drug-likeness (QED) is 0.311. The maximum atomic E-state index is 13.1. The molecule has 2 aliphatic carbocycles. The number of rotatable bonds is 11. The van der Waals surface area contributed by atoms with Gasteiger partial charge in [0, 0.05) is 38.7 Å². The summed E-state index contributed by atoms with van der Waals surface area (Å²) in [5, 5.41) is 10.1. The number of ether oxygens (including phenoxy) is 2. The number of halogens is 3. The smallest absolute Gasteiger partial charge is 0.406 e. The average Bonchev–Trinajstić information content (AvgIpc) is 3.51. The van der Waals surface area contributed by atoms with E-state index in [2.05, 4.69) is 30.4 Å². The highest BCUT2D eigenvalue weighted by Gasteiger charge is 2.47. The minimum absolute atomic E-state index is 0.0458. The van der Waals surface area contributed by atoms with Crippen molar-refractivity contribution in [3.05, 3.63) is 64.8 Å². The molecule has 0 saturated heterocycles. The number of benzene rings is 2. The van der Waals surface area contributed by atoms with Crippen LogP contribution in [0.25, 0.3) is 11.1 Å². The number of nitrogens with zero attached hydrogens (tertiary/aromatic N) is 3. The first-order chi connectivity index (χ1) is 22.1. The summed E-state index contributed by atoms with van der Waals surface area (Å²) >= 11 is 0. The number of amides is 2. The first kappa shape index (κ1) is 32.0. The normalized spacial score (nSPS) is 22.7. The Labute approximate surface area is 265 Å². The lowest BCUT2D eigenvalue weighted by atomic mass is 9.87. The van der Waals surface area contributed by atoms with Crippen LogP contribution < -0.4 is 15.4 Å². The van der Waals surface area contributed by atoms with Crippen molar-refractivity contribution >= 4 is 11.8 Å². The molecule has 2 aromatic carbocycles. The van der Waals surface area contributed by atoms with Crippen LogP contribution in [0.3, 0.4) is 0 Å². The monoisotopic (exact) mass is 641 g/mol. The van der Waals surface area contributed by atoms with Crippen molar-refractivity contribution in [2.24, 2.45) is 11.8 Å². The van der Waals surface area contributed by atoms with Crippen molar-refractivity contribution in [1.29, 1.82) is 0 Å². The van der Waals surface area contributed by atoms with Gasteiger partial charge >= 0.3 is 6.36 Å². The number of fused-ring (bicyclic) bond motifs is 1. The second-order valence-corrected chi connectivity index (χ2v) is 12.4. The third-order valence-electron chi connectivity index (χ3n) is 9.16. The summed E-state index contributed by atoms with van der Waals surface area (Å²) < 4.78 is 53.6. The number of aryl methyl sites for hydroxylation is 1. The fourth-order valence-electron chi connectivity index (χ4n) is 6.86. The molecule has 246 valence electrons. The minimum atomic E-state index is -4.80. The Hall–Kier alpha value is -3.97. The van der Waals surface area contributed by atoms with Crippen molar-refractivity contribution in [2.75, 3.05) is 26.8 Å². The summed E-state index contributed by atoms with van der Waals surface area (Å²) in [4.78, 5) is 32.5. The van der Waals surface area contributed by atoms with E-state index in [0.717, 1.165) is 41.5 Å². The number of carbonyl (C=O) groups excluding carboxylic acids is 2. The molecule has 46 heavy (non-hydrogen) atoms. The lowest BCUT2D eigenvalue weighted by molar-refractivity contribution is -0.274. The van der Waals surface area contributed by atoms with Crippen LogP contribution >= 0.6 is 0 Å². The Morgan fingerprint density at radius 2 is 2.00 bits per heavy atom. The maximum Gasteiger partial charge on any atom is 0.573 e. The second kappa shape index (κ2) is 13.4. The highest BCUT2D eigenvalue weighted by atomic mass is 19.4. The van der Waals surface area contributed by atoms with E-state index in [1.165, 1.54) is 18.2 Å². The van der Waals surface area contributed by atoms with Crippen LogP contribution in [0.4, 0.5) is 13.2 Å². The largest absolute Gasteiger partial charge is 0.573 e. The molecule has 2 saturated carbocycles. The number of hydrogen-bond acceptors (Lipinski definition) is 8. The number of alkyl halides is 3. The van der Waals surface area contributed by atoms with Crippen LogP contribution in [0, 0.1) is 18.8 Å². The van der Waals surface area contributed by atoms with E-state index in [1.807, 2.05) is 12.1 Å². The van der Waals surface area contributed by atoms with E-state index < -0.39 is 6.36 Å². The predicted octanol–water partition coefficient (Wildman–Crippen LogP) is 4.65. The van der Waals surface area contributed by atoms with Gasteiger partial charge in [-0.3, -0.25) is 14.5 Å². The van der Waals surface area contributed by atoms with Gasteiger partial charge in [0.1, 0.15) is 5.75 Å². The summed E-state index contributed by atoms with van der Waals surface area (Å²) in [6.07, 6.45) is -0.567. The van der Waals surface area contributed by atoms with Crippen molar-refractivity contribution < 1.29 is 36.8 Å². The number of nitrogens with one attached hydrogen (secondary N) is 2. The Morgan fingerprint density at radius 3 is 2.76 bits per heavy atom. The molecule has 2 N–H and O–H groups in total. The first-order valence-corrected chi connectivity index (χ1v) is 15.7. The Bertz CT molecular complexity index is 1580. The Morgan fingerprint density at radius 1 is 1.15 bits per heavy atom. The summed E-state index contributed by atoms with van der Waals surface area (Å²) in [6.45, 7) is 3.89. The second-order valence-electron chi connectivity index (χ2n) is 12.4. The predicted molar refractivity (Wildman–Crippen MR) is 160 cm³/mol. The van der Waals surface area contributed by atoms with Crippen molar-refractivity contribution in [2.45, 2.75) is 70.4 Å². The molecule has 0 radical (unpaired) electrons. The highest BCUT2D eigenvalue weighted by Crippen LogP contribution is 2.47. The van der Waals surface area contributed by atoms with Gasteiger partial charge in [0.05, 0.1) is 25.0 Å². The van der Waals surface area contributed by atoms with Crippen LogP contribution in [-0.4, -0.2) is 66.1 Å². The fourth-order valence-corrected chi connectivity index (χ4v) is 6.86. The van der Waals surface area contributed by atoms with E-state index in [9.17, 15) is 22.8 Å². The molecular weight excluding hydrogens is 603 g/mol. The zero-order valence-corrected chi connectivity index (χ0v) is 25.9. The van der Waals surface area contributed by atoms with E-state index >= 15 is 0 Å². The molecule has 1 aromatic heterocycles. The van der Waals surface area contributed by atoms with Crippen LogP contribution in [0.5, 0.6) is 5.75 Å². The standard InChI is InChI=1S/C33H38F3N5O5/c1-19-38-32(46-40-19)27-14-26(27)31(43)37-15-21-9-10-24(20-5-3-7-23(13-20)45-33(34,35)36)25-11-12-41(16-28(21)25)17-30(42)39-29-8-4-6-22(29)18-44-2/h3,5,7,9-10,13,22,26-27,29H,4,6,8,11-12,14-18H2,1-2H3,(H,37,43)(H,39,42). The van der Waals surface area contributed by atoms with Gasteiger partial charge in [0.15, 0.2) is 5.82 Å². The lowest BCUT2D eigenvalue weighted by Crippen LogP contribution is -2.45. The zero-order chi connectivity index (χ0) is 32.4. The van der Waals surface area contributed by atoms with Gasteiger partial charge in [-0.1, -0.05) is 35.8 Å². The van der Waals surface area contributed by atoms with Crippen LogP contribution in [-0.2, 0) is 33.8 Å². The summed E-state index contributed by atoms with van der Waals surface area (Å²) in [6, 6.07) is 9.82. The van der Waals surface area contributed by atoms with Gasteiger partial charge in [-0.25, -0.2) is 0 Å². The molecule has 3 aromatic rings. The van der Waals surface area contributed by atoms with Crippen molar-refractivity contribution in [3.8, 4) is 16.9 Å². The molecule has 3 aliphatic rings. The first-order valence-electron chi connectivity index (χ1n) is 15.7. The molecule has 0 spiro atoms. The van der Waals surface area contributed by atoms with Gasteiger partial charge in [0.25, 0.3) is 0 Å². The van der Waals surface area contributed by atoms with Gasteiger partial charge < -0.3 is 24.6 Å². The molecule has 2 amide bonds. The molecule has 13 heteroatoms. The molecule has 10 nitrogen and oxygen atoms in total. The third-order valence-corrected chi connectivity index (χ3v) is 9.16. The molecule has 4 atom stereocenters. The Kier molecular flexibility index (Phi) is 9.32. The van der Waals surface area contributed by atoms with Crippen LogP contribution in [0.15, 0.2) is 40.9 Å².